The molecule has 0 spiro atoms. The second-order valence-electron chi connectivity index (χ2n) is 3.87. The van der Waals surface area contributed by atoms with E-state index in [9.17, 15) is 8.42 Å². The van der Waals surface area contributed by atoms with E-state index in [0.717, 1.165) is 5.75 Å². The maximum absolute atomic E-state index is 12.0. The van der Waals surface area contributed by atoms with E-state index >= 15 is 0 Å². The van der Waals surface area contributed by atoms with E-state index in [1.54, 1.807) is 30.0 Å². The lowest BCUT2D eigenvalue weighted by atomic mass is 10.3. The summed E-state index contributed by atoms with van der Waals surface area (Å²) in [4.78, 5) is 3.99. The minimum atomic E-state index is -3.44. The van der Waals surface area contributed by atoms with Crippen molar-refractivity contribution >= 4 is 38.4 Å². The van der Waals surface area contributed by atoms with Gasteiger partial charge in [0.25, 0.3) is 0 Å². The standard InChI is InChI=1S/C11H14N2O3S2/c1-17-5-2-6-18(14,15)11-13-9-4-3-8(12)7-10(9)16-11/h3-4,7H,2,5-6,12H2,1H3. The SMILES string of the molecule is CSCCCS(=O)(=O)c1nc2ccc(N)cc2o1. The molecular formula is C11H14N2O3S2. The number of rotatable bonds is 5. The summed E-state index contributed by atoms with van der Waals surface area (Å²) < 4.78 is 29.2. The Balaban J connectivity index is 2.30. The van der Waals surface area contributed by atoms with Crippen LogP contribution in [-0.2, 0) is 9.84 Å². The van der Waals surface area contributed by atoms with Crippen LogP contribution in [0, 0.1) is 0 Å². The van der Waals surface area contributed by atoms with Gasteiger partial charge in [0.1, 0.15) is 5.52 Å². The van der Waals surface area contributed by atoms with Gasteiger partial charge in [-0.3, -0.25) is 0 Å². The highest BCUT2D eigenvalue weighted by Gasteiger charge is 2.21. The predicted octanol–water partition coefficient (Wildman–Crippen LogP) is 1.94. The van der Waals surface area contributed by atoms with E-state index < -0.39 is 9.84 Å². The fourth-order valence-corrected chi connectivity index (χ4v) is 3.30. The van der Waals surface area contributed by atoms with Crippen LogP contribution < -0.4 is 5.73 Å². The second kappa shape index (κ2) is 5.19. The molecule has 0 aliphatic rings. The van der Waals surface area contributed by atoms with Crippen LogP contribution in [0.15, 0.2) is 27.8 Å². The summed E-state index contributed by atoms with van der Waals surface area (Å²) in [6.45, 7) is 0. The van der Waals surface area contributed by atoms with Crippen molar-refractivity contribution in [2.24, 2.45) is 0 Å². The van der Waals surface area contributed by atoms with Crippen LogP contribution in [-0.4, -0.2) is 31.2 Å². The molecule has 0 radical (unpaired) electrons. The van der Waals surface area contributed by atoms with E-state index in [4.69, 9.17) is 10.2 Å². The molecule has 98 valence electrons. The van der Waals surface area contributed by atoms with Gasteiger partial charge in [-0.05, 0) is 30.6 Å². The van der Waals surface area contributed by atoms with E-state index in [1.807, 2.05) is 6.26 Å². The predicted molar refractivity (Wildman–Crippen MR) is 73.5 cm³/mol. The quantitative estimate of drug-likeness (QED) is 0.667. The Morgan fingerprint density at radius 1 is 1.44 bits per heavy atom. The summed E-state index contributed by atoms with van der Waals surface area (Å²) in [6, 6.07) is 4.88. The van der Waals surface area contributed by atoms with Crippen LogP contribution in [0.25, 0.3) is 11.1 Å². The van der Waals surface area contributed by atoms with E-state index in [2.05, 4.69) is 4.98 Å². The average Bonchev–Trinajstić information content (AvgIpc) is 2.72. The Morgan fingerprint density at radius 2 is 2.22 bits per heavy atom. The van der Waals surface area contributed by atoms with Crippen LogP contribution >= 0.6 is 11.8 Å². The Hall–Kier alpha value is -1.21. The van der Waals surface area contributed by atoms with Gasteiger partial charge < -0.3 is 10.2 Å². The number of thioether (sulfide) groups is 1. The molecule has 0 amide bonds. The number of nitrogens with zero attached hydrogens (tertiary/aromatic N) is 1. The van der Waals surface area contributed by atoms with Crippen molar-refractivity contribution in [2.45, 2.75) is 11.6 Å². The molecule has 0 bridgehead atoms. The highest BCUT2D eigenvalue weighted by Crippen LogP contribution is 2.22. The number of nitrogens with two attached hydrogens (primary N) is 1. The maximum Gasteiger partial charge on any atom is 0.316 e. The summed E-state index contributed by atoms with van der Waals surface area (Å²) in [6.07, 6.45) is 2.53. The molecular weight excluding hydrogens is 272 g/mol. The van der Waals surface area contributed by atoms with Crippen molar-refractivity contribution < 1.29 is 12.8 Å². The zero-order valence-corrected chi connectivity index (χ0v) is 11.6. The van der Waals surface area contributed by atoms with Gasteiger partial charge in [0, 0.05) is 11.8 Å². The molecule has 2 rings (SSSR count). The van der Waals surface area contributed by atoms with Gasteiger partial charge in [0.15, 0.2) is 5.58 Å². The molecule has 0 aliphatic carbocycles. The number of aromatic nitrogens is 1. The second-order valence-corrected chi connectivity index (χ2v) is 6.84. The third-order valence-electron chi connectivity index (χ3n) is 2.42. The molecule has 0 saturated heterocycles. The molecule has 0 fully saturated rings. The molecule has 2 aromatic rings. The fraction of sp³-hybridized carbons (Fsp3) is 0.364. The monoisotopic (exact) mass is 286 g/mol. The molecule has 1 heterocycles. The first-order valence-electron chi connectivity index (χ1n) is 5.41. The number of hydrogen-bond donors (Lipinski definition) is 1. The molecule has 7 heteroatoms. The van der Waals surface area contributed by atoms with Gasteiger partial charge in [0.05, 0.1) is 5.75 Å². The smallest absolute Gasteiger partial charge is 0.316 e. The molecule has 0 unspecified atom stereocenters. The fourth-order valence-electron chi connectivity index (χ4n) is 1.53. The first-order valence-corrected chi connectivity index (χ1v) is 8.45. The van der Waals surface area contributed by atoms with Crippen molar-refractivity contribution in [3.63, 3.8) is 0 Å². The summed E-state index contributed by atoms with van der Waals surface area (Å²) in [5.74, 6) is 0.850. The summed E-state index contributed by atoms with van der Waals surface area (Å²) in [5.41, 5.74) is 7.03. The van der Waals surface area contributed by atoms with Crippen molar-refractivity contribution in [1.29, 1.82) is 0 Å². The minimum Gasteiger partial charge on any atom is -0.428 e. The number of oxazole rings is 1. The van der Waals surface area contributed by atoms with Crippen LogP contribution in [0.3, 0.4) is 0 Å². The lowest BCUT2D eigenvalue weighted by Crippen LogP contribution is -2.07. The maximum atomic E-state index is 12.0. The third kappa shape index (κ3) is 2.78. The Labute approximate surface area is 110 Å². The Morgan fingerprint density at radius 3 is 2.94 bits per heavy atom. The van der Waals surface area contributed by atoms with Crippen molar-refractivity contribution in [3.8, 4) is 0 Å². The summed E-state index contributed by atoms with van der Waals surface area (Å²) >= 11 is 1.61. The third-order valence-corrected chi connectivity index (χ3v) is 4.65. The average molecular weight is 286 g/mol. The summed E-state index contributed by atoms with van der Waals surface area (Å²) in [7, 11) is -3.44. The number of nitrogen functional groups attached to an aromatic ring is 1. The van der Waals surface area contributed by atoms with Crippen molar-refractivity contribution in [3.05, 3.63) is 18.2 Å². The Kier molecular flexibility index (Phi) is 3.82. The molecule has 1 aromatic heterocycles. The van der Waals surface area contributed by atoms with Gasteiger partial charge >= 0.3 is 5.22 Å². The molecule has 1 aromatic carbocycles. The van der Waals surface area contributed by atoms with Crippen LogP contribution in [0.2, 0.25) is 0 Å². The first-order chi connectivity index (χ1) is 8.53. The van der Waals surface area contributed by atoms with Crippen molar-refractivity contribution in [2.75, 3.05) is 23.5 Å². The molecule has 0 atom stereocenters. The zero-order chi connectivity index (χ0) is 13.2. The minimum absolute atomic E-state index is 0.0517. The lowest BCUT2D eigenvalue weighted by molar-refractivity contribution is 0.458. The highest BCUT2D eigenvalue weighted by molar-refractivity contribution is 7.98. The van der Waals surface area contributed by atoms with E-state index in [-0.39, 0.29) is 11.0 Å². The van der Waals surface area contributed by atoms with Gasteiger partial charge in [-0.2, -0.15) is 16.7 Å². The lowest BCUT2D eigenvalue weighted by Gasteiger charge is -1.97. The molecule has 0 aliphatic heterocycles. The van der Waals surface area contributed by atoms with Crippen LogP contribution in [0.4, 0.5) is 5.69 Å². The highest BCUT2D eigenvalue weighted by atomic mass is 32.2. The summed E-state index contributed by atoms with van der Waals surface area (Å²) in [5, 5.41) is -0.218. The first kappa shape index (κ1) is 13.2. The molecule has 0 saturated carbocycles. The van der Waals surface area contributed by atoms with Crippen LogP contribution in [0.1, 0.15) is 6.42 Å². The van der Waals surface area contributed by atoms with Crippen molar-refractivity contribution in [1.82, 2.24) is 4.98 Å². The normalized spacial score (nSPS) is 12.1. The number of fused-ring (bicyclic) bond motifs is 1. The number of sulfone groups is 1. The van der Waals surface area contributed by atoms with Gasteiger partial charge in [0.2, 0.25) is 9.84 Å². The van der Waals surface area contributed by atoms with E-state index in [1.165, 1.54) is 0 Å². The zero-order valence-electron chi connectivity index (χ0n) is 9.92. The van der Waals surface area contributed by atoms with E-state index in [0.29, 0.717) is 23.2 Å². The van der Waals surface area contributed by atoms with Gasteiger partial charge in [-0.1, -0.05) is 0 Å². The largest absolute Gasteiger partial charge is 0.428 e. The molecule has 2 N–H and O–H groups in total. The number of hydrogen-bond acceptors (Lipinski definition) is 6. The number of anilines is 1. The topological polar surface area (TPSA) is 86.2 Å². The van der Waals surface area contributed by atoms with Gasteiger partial charge in [-0.25, -0.2) is 8.42 Å². The number of benzene rings is 1. The molecule has 5 nitrogen and oxygen atoms in total. The van der Waals surface area contributed by atoms with Gasteiger partial charge in [-0.15, -0.1) is 0 Å². The van der Waals surface area contributed by atoms with Crippen LogP contribution in [0.5, 0.6) is 0 Å². The Bertz CT molecular complexity index is 649. The molecule has 18 heavy (non-hydrogen) atoms.